The minimum absolute atomic E-state index is 0.343. The number of pyridine rings is 1. The highest BCUT2D eigenvalue weighted by molar-refractivity contribution is 5.78. The predicted molar refractivity (Wildman–Crippen MR) is 87.9 cm³/mol. The molecular formula is C16H13N7O. The second-order valence-corrected chi connectivity index (χ2v) is 5.12. The Hall–Kier alpha value is -3.55. The van der Waals surface area contributed by atoms with Gasteiger partial charge in [-0.15, -0.1) is 5.10 Å². The third-order valence-corrected chi connectivity index (χ3v) is 3.43. The van der Waals surface area contributed by atoms with Gasteiger partial charge in [0.2, 0.25) is 0 Å². The number of anilines is 1. The summed E-state index contributed by atoms with van der Waals surface area (Å²) in [6.45, 7) is 0.353. The van der Waals surface area contributed by atoms with E-state index in [1.54, 1.807) is 24.5 Å². The number of aromatic nitrogens is 6. The van der Waals surface area contributed by atoms with E-state index in [0.29, 0.717) is 35.2 Å². The number of fused-ring (bicyclic) bond motifs is 1. The second-order valence-electron chi connectivity index (χ2n) is 5.12. The van der Waals surface area contributed by atoms with Crippen molar-refractivity contribution >= 4 is 17.0 Å². The Bertz CT molecular complexity index is 984. The first-order chi connectivity index (χ1) is 11.8. The SMILES string of the molecule is Nc1cc(OCc2cccc(-c3ncccn3)c2)c2nn[nH]c2n1. The molecule has 118 valence electrons. The fraction of sp³-hybridized carbons (Fsp3) is 0.0625. The van der Waals surface area contributed by atoms with Crippen molar-refractivity contribution in [3.63, 3.8) is 0 Å². The quantitative estimate of drug-likeness (QED) is 0.590. The maximum absolute atomic E-state index is 5.85. The lowest BCUT2D eigenvalue weighted by Gasteiger charge is -2.08. The molecule has 4 rings (SSSR count). The molecular weight excluding hydrogens is 306 g/mol. The number of nitrogens with zero attached hydrogens (tertiary/aromatic N) is 5. The van der Waals surface area contributed by atoms with Crippen molar-refractivity contribution in [1.29, 1.82) is 0 Å². The van der Waals surface area contributed by atoms with Crippen LogP contribution in [0.25, 0.3) is 22.6 Å². The molecule has 3 heterocycles. The molecule has 0 aliphatic rings. The van der Waals surface area contributed by atoms with E-state index in [4.69, 9.17) is 10.5 Å². The molecule has 0 saturated heterocycles. The van der Waals surface area contributed by atoms with Crippen molar-refractivity contribution in [2.24, 2.45) is 0 Å². The van der Waals surface area contributed by atoms with E-state index in [1.165, 1.54) is 0 Å². The van der Waals surface area contributed by atoms with Crippen molar-refractivity contribution in [1.82, 2.24) is 30.4 Å². The molecule has 4 aromatic rings. The van der Waals surface area contributed by atoms with Crippen LogP contribution in [0.4, 0.5) is 5.82 Å². The van der Waals surface area contributed by atoms with Gasteiger partial charge in [-0.1, -0.05) is 23.4 Å². The van der Waals surface area contributed by atoms with Gasteiger partial charge in [-0.05, 0) is 17.7 Å². The summed E-state index contributed by atoms with van der Waals surface area (Å²) in [6, 6.07) is 11.3. The molecule has 0 radical (unpaired) electrons. The average Bonchev–Trinajstić information content (AvgIpc) is 3.09. The highest BCUT2D eigenvalue weighted by Crippen LogP contribution is 2.24. The van der Waals surface area contributed by atoms with Crippen LogP contribution >= 0.6 is 0 Å². The molecule has 0 unspecified atom stereocenters. The van der Waals surface area contributed by atoms with E-state index in [1.807, 2.05) is 24.3 Å². The Morgan fingerprint density at radius 1 is 1.08 bits per heavy atom. The molecule has 8 nitrogen and oxygen atoms in total. The highest BCUT2D eigenvalue weighted by Gasteiger charge is 2.10. The van der Waals surface area contributed by atoms with Crippen LogP contribution in [-0.4, -0.2) is 30.4 Å². The van der Waals surface area contributed by atoms with E-state index in [2.05, 4.69) is 30.4 Å². The van der Waals surface area contributed by atoms with Gasteiger partial charge < -0.3 is 10.5 Å². The van der Waals surface area contributed by atoms with Crippen LogP contribution in [-0.2, 0) is 6.61 Å². The van der Waals surface area contributed by atoms with Crippen molar-refractivity contribution < 1.29 is 4.74 Å². The summed E-state index contributed by atoms with van der Waals surface area (Å²) in [6.07, 6.45) is 3.43. The number of hydrogen-bond acceptors (Lipinski definition) is 7. The molecule has 8 heteroatoms. The molecule has 3 aromatic heterocycles. The zero-order valence-corrected chi connectivity index (χ0v) is 12.5. The monoisotopic (exact) mass is 319 g/mol. The zero-order valence-electron chi connectivity index (χ0n) is 12.5. The Balaban J connectivity index is 1.59. The number of rotatable bonds is 4. The molecule has 0 aliphatic carbocycles. The number of nitrogens with two attached hydrogens (primary N) is 1. The highest BCUT2D eigenvalue weighted by atomic mass is 16.5. The van der Waals surface area contributed by atoms with Gasteiger partial charge in [-0.2, -0.15) is 0 Å². The largest absolute Gasteiger partial charge is 0.486 e. The van der Waals surface area contributed by atoms with Crippen molar-refractivity contribution in [2.45, 2.75) is 6.61 Å². The molecule has 0 spiro atoms. The third kappa shape index (κ3) is 2.72. The Labute approximate surface area is 136 Å². The van der Waals surface area contributed by atoms with Gasteiger partial charge in [0.1, 0.15) is 12.4 Å². The van der Waals surface area contributed by atoms with Crippen LogP contribution < -0.4 is 10.5 Å². The van der Waals surface area contributed by atoms with Crippen molar-refractivity contribution in [3.05, 3.63) is 54.4 Å². The van der Waals surface area contributed by atoms with Crippen molar-refractivity contribution in [2.75, 3.05) is 5.73 Å². The van der Waals surface area contributed by atoms with Gasteiger partial charge in [0, 0.05) is 24.0 Å². The molecule has 0 saturated carbocycles. The number of H-pyrrole nitrogens is 1. The summed E-state index contributed by atoms with van der Waals surface area (Å²) in [7, 11) is 0. The molecule has 0 amide bonds. The van der Waals surface area contributed by atoms with E-state index in [9.17, 15) is 0 Å². The summed E-state index contributed by atoms with van der Waals surface area (Å²) in [5, 5.41) is 10.4. The lowest BCUT2D eigenvalue weighted by Crippen LogP contribution is -1.99. The number of benzene rings is 1. The molecule has 3 N–H and O–H groups in total. The fourth-order valence-corrected chi connectivity index (χ4v) is 2.35. The van der Waals surface area contributed by atoms with Crippen LogP contribution in [0.15, 0.2) is 48.8 Å². The van der Waals surface area contributed by atoms with Gasteiger partial charge in [0.25, 0.3) is 0 Å². The van der Waals surface area contributed by atoms with E-state index < -0.39 is 0 Å². The normalized spacial score (nSPS) is 10.8. The Kier molecular flexibility index (Phi) is 3.47. The third-order valence-electron chi connectivity index (χ3n) is 3.43. The molecule has 24 heavy (non-hydrogen) atoms. The van der Waals surface area contributed by atoms with Gasteiger partial charge in [-0.25, -0.2) is 20.1 Å². The van der Waals surface area contributed by atoms with Crippen LogP contribution in [0.1, 0.15) is 5.56 Å². The smallest absolute Gasteiger partial charge is 0.181 e. The minimum Gasteiger partial charge on any atom is -0.486 e. The molecule has 0 aliphatic heterocycles. The summed E-state index contributed by atoms with van der Waals surface area (Å²) in [5.41, 5.74) is 8.72. The minimum atomic E-state index is 0.343. The summed E-state index contributed by atoms with van der Waals surface area (Å²) < 4.78 is 5.85. The van der Waals surface area contributed by atoms with Crippen LogP contribution in [0.5, 0.6) is 5.75 Å². The standard InChI is InChI=1S/C16H13N7O/c17-13-8-12(14-16(20-13)22-23-21-14)24-9-10-3-1-4-11(7-10)15-18-5-2-6-19-15/h1-8H,9H2,(H3,17,20,21,22,23). The fourth-order valence-electron chi connectivity index (χ4n) is 2.35. The Morgan fingerprint density at radius 2 is 1.96 bits per heavy atom. The molecule has 0 bridgehead atoms. The van der Waals surface area contributed by atoms with Gasteiger partial charge in [0.15, 0.2) is 22.7 Å². The molecule has 1 aromatic carbocycles. The Morgan fingerprint density at radius 3 is 2.83 bits per heavy atom. The summed E-state index contributed by atoms with van der Waals surface area (Å²) in [4.78, 5) is 12.6. The number of hydrogen-bond donors (Lipinski definition) is 2. The first-order valence-corrected chi connectivity index (χ1v) is 7.26. The summed E-state index contributed by atoms with van der Waals surface area (Å²) in [5.74, 6) is 1.55. The van der Waals surface area contributed by atoms with E-state index in [0.717, 1.165) is 11.1 Å². The van der Waals surface area contributed by atoms with Crippen LogP contribution in [0, 0.1) is 0 Å². The van der Waals surface area contributed by atoms with Gasteiger partial charge >= 0.3 is 0 Å². The first kappa shape index (κ1) is 14.1. The van der Waals surface area contributed by atoms with Crippen molar-refractivity contribution in [3.8, 4) is 17.1 Å². The maximum Gasteiger partial charge on any atom is 0.181 e. The number of aromatic amines is 1. The lowest BCUT2D eigenvalue weighted by molar-refractivity contribution is 0.309. The molecule has 0 atom stereocenters. The van der Waals surface area contributed by atoms with Crippen LogP contribution in [0.2, 0.25) is 0 Å². The van der Waals surface area contributed by atoms with E-state index in [-0.39, 0.29) is 0 Å². The number of ether oxygens (including phenoxy) is 1. The van der Waals surface area contributed by atoms with Gasteiger partial charge in [0.05, 0.1) is 0 Å². The summed E-state index contributed by atoms with van der Waals surface area (Å²) >= 11 is 0. The maximum atomic E-state index is 5.85. The number of nitrogen functional groups attached to an aromatic ring is 1. The molecule has 0 fully saturated rings. The average molecular weight is 319 g/mol. The van der Waals surface area contributed by atoms with Gasteiger partial charge in [-0.3, -0.25) is 0 Å². The van der Waals surface area contributed by atoms with Crippen LogP contribution in [0.3, 0.4) is 0 Å². The lowest BCUT2D eigenvalue weighted by atomic mass is 10.1. The second kappa shape index (κ2) is 5.92. The number of nitrogens with one attached hydrogen (secondary N) is 1. The predicted octanol–water partition coefficient (Wildman–Crippen LogP) is 1.97. The zero-order chi connectivity index (χ0) is 16.4. The topological polar surface area (TPSA) is 115 Å². The van der Waals surface area contributed by atoms with E-state index >= 15 is 0 Å². The first-order valence-electron chi connectivity index (χ1n) is 7.26.